The summed E-state index contributed by atoms with van der Waals surface area (Å²) in [5.74, 6) is 1.18. The Labute approximate surface area is 107 Å². The smallest absolute Gasteiger partial charge is 0.231 e. The molecule has 3 nitrogen and oxygen atoms in total. The van der Waals surface area contributed by atoms with Crippen LogP contribution in [0.15, 0.2) is 24.3 Å². The van der Waals surface area contributed by atoms with Gasteiger partial charge in [0.1, 0.15) is 5.60 Å². The van der Waals surface area contributed by atoms with Crippen molar-refractivity contribution in [2.45, 2.75) is 25.4 Å². The van der Waals surface area contributed by atoms with Gasteiger partial charge < -0.3 is 10.1 Å². The third-order valence-corrected chi connectivity index (χ3v) is 5.09. The highest BCUT2D eigenvalue weighted by molar-refractivity contribution is 5.98. The summed E-state index contributed by atoms with van der Waals surface area (Å²) >= 11 is 0. The number of ether oxygens (including phenoxy) is 1. The fourth-order valence-electron chi connectivity index (χ4n) is 4.46. The van der Waals surface area contributed by atoms with E-state index in [1.807, 2.05) is 18.2 Å². The van der Waals surface area contributed by atoms with Crippen molar-refractivity contribution in [2.24, 2.45) is 17.8 Å². The highest BCUT2D eigenvalue weighted by Gasteiger charge is 2.69. The lowest BCUT2D eigenvalue weighted by atomic mass is 9.49. The number of carbonyl (C=O) groups is 1. The van der Waals surface area contributed by atoms with Crippen LogP contribution < -0.4 is 5.32 Å². The van der Waals surface area contributed by atoms with E-state index < -0.39 is 0 Å². The quantitative estimate of drug-likeness (QED) is 0.823. The SMILES string of the molecule is CC[C@@H]1[C@H]2CCO[C@]23c2ccccc2NC(=O)[C@H]13. The second-order valence-electron chi connectivity index (χ2n) is 5.62. The van der Waals surface area contributed by atoms with Gasteiger partial charge in [0.15, 0.2) is 0 Å². The van der Waals surface area contributed by atoms with Gasteiger partial charge in [-0.05, 0) is 24.3 Å². The second kappa shape index (κ2) is 3.35. The molecule has 2 fully saturated rings. The van der Waals surface area contributed by atoms with E-state index in [1.165, 1.54) is 5.56 Å². The number of carbonyl (C=O) groups excluding carboxylic acids is 1. The van der Waals surface area contributed by atoms with E-state index in [9.17, 15) is 4.79 Å². The van der Waals surface area contributed by atoms with Crippen molar-refractivity contribution in [2.75, 3.05) is 11.9 Å². The fourth-order valence-corrected chi connectivity index (χ4v) is 4.46. The molecule has 1 aromatic rings. The zero-order valence-electron chi connectivity index (χ0n) is 10.5. The van der Waals surface area contributed by atoms with Gasteiger partial charge in [-0.25, -0.2) is 0 Å². The molecule has 18 heavy (non-hydrogen) atoms. The number of rotatable bonds is 1. The first-order valence-corrected chi connectivity index (χ1v) is 6.83. The topological polar surface area (TPSA) is 38.3 Å². The summed E-state index contributed by atoms with van der Waals surface area (Å²) in [6.45, 7) is 2.97. The first kappa shape index (κ1) is 10.6. The minimum absolute atomic E-state index is 0.0184. The predicted octanol–water partition coefficient (Wildman–Crippen LogP) is 2.53. The summed E-state index contributed by atoms with van der Waals surface area (Å²) in [5.41, 5.74) is 1.83. The number of anilines is 1. The molecule has 1 aliphatic carbocycles. The Kier molecular flexibility index (Phi) is 1.97. The molecule has 3 aliphatic rings. The van der Waals surface area contributed by atoms with Crippen molar-refractivity contribution in [1.29, 1.82) is 0 Å². The molecule has 2 heterocycles. The van der Waals surface area contributed by atoms with Gasteiger partial charge >= 0.3 is 0 Å². The van der Waals surface area contributed by atoms with Gasteiger partial charge in [-0.2, -0.15) is 0 Å². The maximum absolute atomic E-state index is 12.3. The summed E-state index contributed by atoms with van der Waals surface area (Å²) in [6.07, 6.45) is 2.16. The third-order valence-electron chi connectivity index (χ3n) is 5.09. The molecule has 2 aliphatic heterocycles. The molecule has 1 amide bonds. The van der Waals surface area contributed by atoms with E-state index in [2.05, 4.69) is 18.3 Å². The molecule has 0 bridgehead atoms. The normalized spacial score (nSPS) is 40.3. The molecule has 4 rings (SSSR count). The Morgan fingerprint density at radius 1 is 1.44 bits per heavy atom. The molecule has 1 N–H and O–H groups in total. The van der Waals surface area contributed by atoms with Crippen LogP contribution in [0.2, 0.25) is 0 Å². The van der Waals surface area contributed by atoms with Crippen LogP contribution in [0.1, 0.15) is 25.3 Å². The zero-order chi connectivity index (χ0) is 12.3. The molecule has 94 valence electrons. The average Bonchev–Trinajstić information content (AvgIpc) is 2.70. The number of benzene rings is 1. The third kappa shape index (κ3) is 0.985. The molecule has 1 saturated heterocycles. The second-order valence-corrected chi connectivity index (χ2v) is 5.62. The highest BCUT2D eigenvalue weighted by atomic mass is 16.5. The lowest BCUT2D eigenvalue weighted by Gasteiger charge is -2.58. The molecule has 0 radical (unpaired) electrons. The molecule has 1 saturated carbocycles. The van der Waals surface area contributed by atoms with E-state index in [0.29, 0.717) is 11.8 Å². The van der Waals surface area contributed by atoms with Gasteiger partial charge in [0, 0.05) is 17.9 Å². The Hall–Kier alpha value is -1.35. The van der Waals surface area contributed by atoms with Crippen LogP contribution in [0.3, 0.4) is 0 Å². The lowest BCUT2D eigenvalue weighted by Crippen LogP contribution is -2.64. The van der Waals surface area contributed by atoms with Gasteiger partial charge in [0.2, 0.25) is 5.91 Å². The fraction of sp³-hybridized carbons (Fsp3) is 0.533. The standard InChI is InChI=1S/C15H17NO2/c1-2-9-10-7-8-18-15(10)11-5-3-4-6-12(11)16-14(17)13(9)15/h3-6,9-10,13H,2,7-8H2,1H3,(H,16,17)/t9-,10-,13+,15+/m1/s1. The predicted molar refractivity (Wildman–Crippen MR) is 68.1 cm³/mol. The number of amides is 1. The van der Waals surface area contributed by atoms with Crippen LogP contribution in [0, 0.1) is 17.8 Å². The van der Waals surface area contributed by atoms with E-state index >= 15 is 0 Å². The van der Waals surface area contributed by atoms with Crippen molar-refractivity contribution in [3.8, 4) is 0 Å². The Morgan fingerprint density at radius 2 is 2.28 bits per heavy atom. The van der Waals surface area contributed by atoms with Crippen LogP contribution in [0.4, 0.5) is 5.69 Å². The van der Waals surface area contributed by atoms with Crippen LogP contribution in [-0.2, 0) is 15.1 Å². The van der Waals surface area contributed by atoms with Gasteiger partial charge in [-0.3, -0.25) is 4.79 Å². The molecular weight excluding hydrogens is 226 g/mol. The Morgan fingerprint density at radius 3 is 3.11 bits per heavy atom. The van der Waals surface area contributed by atoms with Crippen molar-refractivity contribution in [3.63, 3.8) is 0 Å². The number of fused-ring (bicyclic) bond motifs is 1. The summed E-state index contributed by atoms with van der Waals surface area (Å²) in [6, 6.07) is 8.11. The minimum Gasteiger partial charge on any atom is -0.369 e. The first-order chi connectivity index (χ1) is 8.79. The molecule has 4 atom stereocenters. The van der Waals surface area contributed by atoms with Gasteiger partial charge in [0.05, 0.1) is 5.92 Å². The van der Waals surface area contributed by atoms with Crippen LogP contribution >= 0.6 is 0 Å². The number of hydrogen-bond donors (Lipinski definition) is 1. The van der Waals surface area contributed by atoms with E-state index in [4.69, 9.17) is 4.74 Å². The molecule has 3 heteroatoms. The molecule has 1 spiro atoms. The van der Waals surface area contributed by atoms with Crippen molar-refractivity contribution < 1.29 is 9.53 Å². The molecular formula is C15H17NO2. The molecule has 0 unspecified atom stereocenters. The molecule has 0 aromatic heterocycles. The van der Waals surface area contributed by atoms with E-state index in [-0.39, 0.29) is 17.4 Å². The summed E-state index contributed by atoms with van der Waals surface area (Å²) < 4.78 is 6.11. The maximum Gasteiger partial charge on any atom is 0.231 e. The van der Waals surface area contributed by atoms with Gasteiger partial charge in [-0.15, -0.1) is 0 Å². The molecule has 1 aromatic carbocycles. The highest BCUT2D eigenvalue weighted by Crippen LogP contribution is 2.66. The van der Waals surface area contributed by atoms with Crippen LogP contribution in [0.25, 0.3) is 0 Å². The average molecular weight is 243 g/mol. The number of nitrogens with one attached hydrogen (secondary N) is 1. The summed E-state index contributed by atoms with van der Waals surface area (Å²) in [4.78, 5) is 12.3. The summed E-state index contributed by atoms with van der Waals surface area (Å²) in [7, 11) is 0. The van der Waals surface area contributed by atoms with Gasteiger partial charge in [0.25, 0.3) is 0 Å². The van der Waals surface area contributed by atoms with Crippen molar-refractivity contribution in [3.05, 3.63) is 29.8 Å². The van der Waals surface area contributed by atoms with Crippen molar-refractivity contribution >= 4 is 11.6 Å². The summed E-state index contributed by atoms with van der Waals surface area (Å²) in [5, 5.41) is 3.04. The monoisotopic (exact) mass is 243 g/mol. The maximum atomic E-state index is 12.3. The zero-order valence-corrected chi connectivity index (χ0v) is 10.5. The van der Waals surface area contributed by atoms with Crippen LogP contribution in [-0.4, -0.2) is 12.5 Å². The minimum atomic E-state index is -0.306. The lowest BCUT2D eigenvalue weighted by molar-refractivity contribution is -0.192. The first-order valence-electron chi connectivity index (χ1n) is 6.83. The Bertz CT molecular complexity index is 527. The number of para-hydroxylation sites is 1. The van der Waals surface area contributed by atoms with E-state index in [0.717, 1.165) is 25.1 Å². The van der Waals surface area contributed by atoms with E-state index in [1.54, 1.807) is 0 Å². The van der Waals surface area contributed by atoms with Gasteiger partial charge in [-0.1, -0.05) is 31.5 Å². The van der Waals surface area contributed by atoms with Crippen molar-refractivity contribution in [1.82, 2.24) is 0 Å². The van der Waals surface area contributed by atoms with Crippen LogP contribution in [0.5, 0.6) is 0 Å². The Balaban J connectivity index is 1.91. The number of hydrogen-bond acceptors (Lipinski definition) is 2. The largest absolute Gasteiger partial charge is 0.369 e.